The monoisotopic (exact) mass is 362 g/mol. The molecule has 0 saturated carbocycles. The van der Waals surface area contributed by atoms with Crippen molar-refractivity contribution in [1.82, 2.24) is 4.90 Å². The first kappa shape index (κ1) is 17.5. The van der Waals surface area contributed by atoms with Crippen LogP contribution in [0.1, 0.15) is 27.6 Å². The summed E-state index contributed by atoms with van der Waals surface area (Å²) in [5, 5.41) is 0. The second kappa shape index (κ2) is 7.37. The number of carbonyl (C=O) groups is 2. The van der Waals surface area contributed by atoms with Crippen LogP contribution in [0.5, 0.6) is 0 Å². The molecule has 2 aromatic carbocycles. The van der Waals surface area contributed by atoms with Gasteiger partial charge in [0.1, 0.15) is 11.4 Å². The standard InChI is InChI=1S/C22H22N2O3/c1-2-24(16-8-4-3-5-9-16)20-19(23-12-14-27-15-13-23)21(25)17-10-6-7-11-18(17)22(20)26/h3-11H,2,12-15H2,1H3. The number of para-hydroxylation sites is 1. The van der Waals surface area contributed by atoms with E-state index in [4.69, 9.17) is 4.74 Å². The Kier molecular flexibility index (Phi) is 4.77. The Labute approximate surface area is 158 Å². The summed E-state index contributed by atoms with van der Waals surface area (Å²) in [6.45, 7) is 4.90. The van der Waals surface area contributed by atoms with E-state index in [2.05, 4.69) is 0 Å². The van der Waals surface area contributed by atoms with Crippen LogP contribution in [0.2, 0.25) is 0 Å². The van der Waals surface area contributed by atoms with Crippen molar-refractivity contribution in [3.63, 3.8) is 0 Å². The van der Waals surface area contributed by atoms with Gasteiger partial charge >= 0.3 is 0 Å². The normalized spacial score (nSPS) is 17.1. The van der Waals surface area contributed by atoms with Crippen molar-refractivity contribution >= 4 is 17.3 Å². The molecule has 0 spiro atoms. The summed E-state index contributed by atoms with van der Waals surface area (Å²) < 4.78 is 5.45. The van der Waals surface area contributed by atoms with Gasteiger partial charge in [-0.25, -0.2) is 0 Å². The van der Waals surface area contributed by atoms with Crippen LogP contribution in [-0.2, 0) is 4.74 Å². The molecule has 2 aliphatic rings. The molecule has 138 valence electrons. The fraction of sp³-hybridized carbons (Fsp3) is 0.273. The predicted octanol–water partition coefficient (Wildman–Crippen LogP) is 3.14. The van der Waals surface area contributed by atoms with Crippen LogP contribution >= 0.6 is 0 Å². The molecule has 0 amide bonds. The quantitative estimate of drug-likeness (QED) is 0.836. The second-order valence-corrected chi connectivity index (χ2v) is 6.58. The van der Waals surface area contributed by atoms with Crippen LogP contribution in [0.3, 0.4) is 0 Å². The van der Waals surface area contributed by atoms with Crippen LogP contribution in [-0.4, -0.2) is 49.3 Å². The van der Waals surface area contributed by atoms with Gasteiger partial charge in [0.2, 0.25) is 11.6 Å². The summed E-state index contributed by atoms with van der Waals surface area (Å²) in [7, 11) is 0. The minimum absolute atomic E-state index is 0.0866. The van der Waals surface area contributed by atoms with E-state index in [9.17, 15) is 9.59 Å². The lowest BCUT2D eigenvalue weighted by Crippen LogP contribution is -2.44. The maximum absolute atomic E-state index is 13.5. The molecule has 0 radical (unpaired) electrons. The summed E-state index contributed by atoms with van der Waals surface area (Å²) in [4.78, 5) is 30.8. The van der Waals surface area contributed by atoms with E-state index in [0.29, 0.717) is 55.4 Å². The number of rotatable bonds is 4. The molecule has 1 heterocycles. The molecule has 0 unspecified atom stereocenters. The van der Waals surface area contributed by atoms with Crippen LogP contribution in [0, 0.1) is 0 Å². The van der Waals surface area contributed by atoms with Gasteiger partial charge in [0.15, 0.2) is 0 Å². The minimum Gasteiger partial charge on any atom is -0.378 e. The van der Waals surface area contributed by atoms with Crippen molar-refractivity contribution in [2.75, 3.05) is 37.7 Å². The van der Waals surface area contributed by atoms with Gasteiger partial charge in [-0.2, -0.15) is 0 Å². The lowest BCUT2D eigenvalue weighted by molar-refractivity contribution is 0.0494. The number of allylic oxidation sites excluding steroid dienone is 2. The molecule has 2 aromatic rings. The summed E-state index contributed by atoms with van der Waals surface area (Å²) in [6.07, 6.45) is 0. The van der Waals surface area contributed by atoms with E-state index in [0.717, 1.165) is 5.69 Å². The van der Waals surface area contributed by atoms with Crippen molar-refractivity contribution in [2.24, 2.45) is 0 Å². The zero-order chi connectivity index (χ0) is 18.8. The molecule has 1 fully saturated rings. The van der Waals surface area contributed by atoms with E-state index in [1.165, 1.54) is 0 Å². The third-order valence-corrected chi connectivity index (χ3v) is 5.05. The van der Waals surface area contributed by atoms with E-state index in [1.807, 2.05) is 47.1 Å². The molecule has 1 saturated heterocycles. The Morgan fingerprint density at radius 1 is 0.889 bits per heavy atom. The molecular formula is C22H22N2O3. The fourth-order valence-electron chi connectivity index (χ4n) is 3.76. The summed E-state index contributed by atoms with van der Waals surface area (Å²) in [6, 6.07) is 16.8. The number of carbonyl (C=O) groups excluding carboxylic acids is 2. The number of morpholine rings is 1. The van der Waals surface area contributed by atoms with Crippen LogP contribution in [0.15, 0.2) is 66.0 Å². The SMILES string of the molecule is CCN(C1=C(N2CCOCC2)C(=O)c2ccccc2C1=O)c1ccccc1. The van der Waals surface area contributed by atoms with E-state index < -0.39 is 0 Å². The first-order chi connectivity index (χ1) is 13.2. The highest BCUT2D eigenvalue weighted by molar-refractivity contribution is 6.27. The zero-order valence-corrected chi connectivity index (χ0v) is 15.4. The van der Waals surface area contributed by atoms with Crippen molar-refractivity contribution in [2.45, 2.75) is 6.92 Å². The molecule has 27 heavy (non-hydrogen) atoms. The van der Waals surface area contributed by atoms with Crippen LogP contribution in [0.4, 0.5) is 5.69 Å². The van der Waals surface area contributed by atoms with Crippen molar-refractivity contribution in [3.05, 3.63) is 77.1 Å². The van der Waals surface area contributed by atoms with Gasteiger partial charge in [-0.3, -0.25) is 9.59 Å². The first-order valence-corrected chi connectivity index (χ1v) is 9.30. The largest absolute Gasteiger partial charge is 0.378 e. The van der Waals surface area contributed by atoms with Crippen molar-refractivity contribution in [1.29, 1.82) is 0 Å². The highest BCUT2D eigenvalue weighted by Gasteiger charge is 2.38. The number of hydrogen-bond acceptors (Lipinski definition) is 5. The number of benzene rings is 2. The minimum atomic E-state index is -0.0996. The van der Waals surface area contributed by atoms with Crippen molar-refractivity contribution in [3.8, 4) is 0 Å². The zero-order valence-electron chi connectivity index (χ0n) is 15.4. The molecule has 1 aliphatic carbocycles. The smallest absolute Gasteiger partial charge is 0.212 e. The average molecular weight is 362 g/mol. The Morgan fingerprint density at radius 3 is 2.11 bits per heavy atom. The predicted molar refractivity (Wildman–Crippen MR) is 104 cm³/mol. The molecule has 0 atom stereocenters. The van der Waals surface area contributed by atoms with Gasteiger partial charge in [0, 0.05) is 36.4 Å². The number of ketones is 2. The van der Waals surface area contributed by atoms with E-state index >= 15 is 0 Å². The molecule has 0 bridgehead atoms. The number of ether oxygens (including phenoxy) is 1. The number of anilines is 1. The van der Waals surface area contributed by atoms with E-state index in [-0.39, 0.29) is 11.6 Å². The topological polar surface area (TPSA) is 49.9 Å². The van der Waals surface area contributed by atoms with E-state index in [1.54, 1.807) is 24.3 Å². The molecule has 1 aliphatic heterocycles. The van der Waals surface area contributed by atoms with Gasteiger partial charge < -0.3 is 14.5 Å². The Morgan fingerprint density at radius 2 is 1.48 bits per heavy atom. The number of likely N-dealkylation sites (N-methyl/N-ethyl adjacent to an activating group) is 1. The number of hydrogen-bond donors (Lipinski definition) is 0. The summed E-state index contributed by atoms with van der Waals surface area (Å²) in [5.74, 6) is -0.186. The fourth-order valence-corrected chi connectivity index (χ4v) is 3.76. The molecule has 0 N–H and O–H groups in total. The molecule has 5 heteroatoms. The maximum Gasteiger partial charge on any atom is 0.212 e. The molecule has 0 aromatic heterocycles. The lowest BCUT2D eigenvalue weighted by Gasteiger charge is -2.37. The Balaban J connectivity index is 1.91. The summed E-state index contributed by atoms with van der Waals surface area (Å²) in [5.41, 5.74) is 2.82. The summed E-state index contributed by atoms with van der Waals surface area (Å²) >= 11 is 0. The number of nitrogens with zero attached hydrogens (tertiary/aromatic N) is 2. The van der Waals surface area contributed by atoms with Gasteiger partial charge in [-0.1, -0.05) is 42.5 Å². The molecule has 4 rings (SSSR count). The van der Waals surface area contributed by atoms with Gasteiger partial charge in [0.05, 0.1) is 13.2 Å². The number of fused-ring (bicyclic) bond motifs is 1. The molecule has 5 nitrogen and oxygen atoms in total. The third-order valence-electron chi connectivity index (χ3n) is 5.05. The average Bonchev–Trinajstić information content (AvgIpc) is 2.73. The lowest BCUT2D eigenvalue weighted by atomic mass is 9.88. The Bertz CT molecular complexity index is 899. The van der Waals surface area contributed by atoms with Gasteiger partial charge in [-0.05, 0) is 19.1 Å². The van der Waals surface area contributed by atoms with Crippen LogP contribution in [0.25, 0.3) is 0 Å². The molecular weight excluding hydrogens is 340 g/mol. The second-order valence-electron chi connectivity index (χ2n) is 6.58. The van der Waals surface area contributed by atoms with Crippen LogP contribution < -0.4 is 4.90 Å². The third kappa shape index (κ3) is 3.04. The van der Waals surface area contributed by atoms with Crippen molar-refractivity contribution < 1.29 is 14.3 Å². The first-order valence-electron chi connectivity index (χ1n) is 9.30. The highest BCUT2D eigenvalue weighted by atomic mass is 16.5. The Hall–Kier alpha value is -2.92. The highest BCUT2D eigenvalue weighted by Crippen LogP contribution is 2.33. The van der Waals surface area contributed by atoms with Gasteiger partial charge in [0.25, 0.3) is 0 Å². The number of Topliss-reactive ketones (excluding diaryl/α,β-unsaturated/α-hetero) is 2. The van der Waals surface area contributed by atoms with Gasteiger partial charge in [-0.15, -0.1) is 0 Å². The maximum atomic E-state index is 13.5.